The summed E-state index contributed by atoms with van der Waals surface area (Å²) in [4.78, 5) is 78.8. The molecule has 0 radical (unpaired) electrons. The second-order valence-corrected chi connectivity index (χ2v) is 10.0. The molecule has 1 aromatic heterocycles. The van der Waals surface area contributed by atoms with Gasteiger partial charge in [-0.1, -0.05) is 13.0 Å². The Labute approximate surface area is 222 Å². The Hall–Kier alpha value is -4.03. The molecule has 13 nitrogen and oxygen atoms in total. The number of nitrogens with zero attached hydrogens (tertiary/aromatic N) is 2. The molecule has 0 unspecified atom stereocenters. The van der Waals surface area contributed by atoms with Crippen LogP contribution in [0.2, 0.25) is 0 Å². The maximum absolute atomic E-state index is 13.1. The molecule has 0 fully saturated rings. The molecule has 13 heteroatoms. The van der Waals surface area contributed by atoms with Crippen molar-refractivity contribution < 1.29 is 33.5 Å². The first-order valence-electron chi connectivity index (χ1n) is 12.1. The summed E-state index contributed by atoms with van der Waals surface area (Å²) in [6, 6.07) is 0.811. The lowest BCUT2D eigenvalue weighted by Crippen LogP contribution is -2.56. The molecule has 0 aliphatic heterocycles. The van der Waals surface area contributed by atoms with Gasteiger partial charge in [0.25, 0.3) is 0 Å². The first kappa shape index (κ1) is 32.0. The van der Waals surface area contributed by atoms with E-state index < -0.39 is 65.5 Å². The Morgan fingerprint density at radius 2 is 1.66 bits per heavy atom. The summed E-state index contributed by atoms with van der Waals surface area (Å²) in [5.74, 6) is -4.79. The van der Waals surface area contributed by atoms with Crippen molar-refractivity contribution in [1.82, 2.24) is 20.5 Å². The van der Waals surface area contributed by atoms with Crippen LogP contribution in [0, 0.1) is 5.92 Å². The van der Waals surface area contributed by atoms with E-state index in [4.69, 9.17) is 16.2 Å². The zero-order chi connectivity index (χ0) is 29.0. The third kappa shape index (κ3) is 12.3. The van der Waals surface area contributed by atoms with Gasteiger partial charge in [-0.15, -0.1) is 0 Å². The van der Waals surface area contributed by atoms with E-state index in [1.54, 1.807) is 46.0 Å². The number of likely N-dealkylation sites (N-methyl/N-ethyl adjacent to an activating group) is 1. The minimum absolute atomic E-state index is 0.0189. The SMILES string of the molecule is C[C@@H](CCC(=O)OC(C)(C)C)C(=O)N[C@@H](CC(N)=O)C(=O)N[C@@H](Cc1cccnc1)C(=O)N(C)CC(N)=O. The van der Waals surface area contributed by atoms with Crippen molar-refractivity contribution in [3.63, 3.8) is 0 Å². The van der Waals surface area contributed by atoms with E-state index >= 15 is 0 Å². The smallest absolute Gasteiger partial charge is 0.306 e. The number of aromatic nitrogens is 1. The highest BCUT2D eigenvalue weighted by Crippen LogP contribution is 2.13. The van der Waals surface area contributed by atoms with Gasteiger partial charge in [-0.05, 0) is 38.8 Å². The maximum Gasteiger partial charge on any atom is 0.306 e. The topological polar surface area (TPSA) is 204 Å². The summed E-state index contributed by atoms with van der Waals surface area (Å²) in [6.07, 6.45) is 2.67. The number of hydrogen-bond acceptors (Lipinski definition) is 8. The molecule has 0 aliphatic carbocycles. The standard InChI is InChI=1S/C25H38N6O7/c1-15(8-9-21(34)38-25(2,3)4)22(35)29-17(12-19(26)32)23(36)30-18(11-16-7-6-10-28-13-16)24(37)31(5)14-20(27)33/h6-7,10,13,15,17-18H,8-9,11-12,14H2,1-5H3,(H2,26,32)(H2,27,33)(H,29,35)(H,30,36)/t15-,17-,18-/m0/s1. The first-order chi connectivity index (χ1) is 17.6. The van der Waals surface area contributed by atoms with E-state index in [9.17, 15) is 28.8 Å². The van der Waals surface area contributed by atoms with Crippen molar-refractivity contribution in [3.8, 4) is 0 Å². The van der Waals surface area contributed by atoms with Crippen LogP contribution in [0.15, 0.2) is 24.5 Å². The summed E-state index contributed by atoms with van der Waals surface area (Å²) in [6.45, 7) is 6.37. The largest absolute Gasteiger partial charge is 0.460 e. The predicted molar refractivity (Wildman–Crippen MR) is 137 cm³/mol. The number of hydrogen-bond donors (Lipinski definition) is 4. The van der Waals surface area contributed by atoms with E-state index in [2.05, 4.69) is 15.6 Å². The molecule has 1 heterocycles. The normalized spacial score (nSPS) is 13.4. The Bertz CT molecular complexity index is 1010. The first-order valence-corrected chi connectivity index (χ1v) is 12.1. The quantitative estimate of drug-likeness (QED) is 0.221. The molecule has 0 saturated carbocycles. The summed E-state index contributed by atoms with van der Waals surface area (Å²) in [5.41, 5.74) is 10.4. The third-order valence-corrected chi connectivity index (χ3v) is 5.23. The van der Waals surface area contributed by atoms with Crippen LogP contribution >= 0.6 is 0 Å². The van der Waals surface area contributed by atoms with E-state index in [0.29, 0.717) is 5.56 Å². The van der Waals surface area contributed by atoms with Crippen molar-refractivity contribution in [2.24, 2.45) is 17.4 Å². The Kier molecular flexibility index (Phi) is 12.3. The molecule has 38 heavy (non-hydrogen) atoms. The van der Waals surface area contributed by atoms with Gasteiger partial charge in [-0.3, -0.25) is 33.8 Å². The molecule has 0 aliphatic rings. The number of carbonyl (C=O) groups is 6. The average molecular weight is 535 g/mol. The Morgan fingerprint density at radius 3 is 2.18 bits per heavy atom. The van der Waals surface area contributed by atoms with Crippen molar-refractivity contribution in [2.75, 3.05) is 13.6 Å². The van der Waals surface area contributed by atoms with Crippen molar-refractivity contribution in [3.05, 3.63) is 30.1 Å². The van der Waals surface area contributed by atoms with Gasteiger partial charge in [0.05, 0.1) is 13.0 Å². The number of carbonyl (C=O) groups excluding carboxylic acids is 6. The lowest BCUT2D eigenvalue weighted by molar-refractivity contribution is -0.155. The van der Waals surface area contributed by atoms with E-state index in [0.717, 1.165) is 4.90 Å². The third-order valence-electron chi connectivity index (χ3n) is 5.23. The number of primary amides is 2. The maximum atomic E-state index is 13.1. The highest BCUT2D eigenvalue weighted by Gasteiger charge is 2.31. The van der Waals surface area contributed by atoms with Gasteiger partial charge < -0.3 is 31.7 Å². The average Bonchev–Trinajstić information content (AvgIpc) is 2.79. The summed E-state index contributed by atoms with van der Waals surface area (Å²) < 4.78 is 5.23. The Morgan fingerprint density at radius 1 is 1.03 bits per heavy atom. The molecular weight excluding hydrogens is 496 g/mol. The molecule has 1 rings (SSSR count). The van der Waals surface area contributed by atoms with Crippen LogP contribution in [0.1, 0.15) is 52.5 Å². The summed E-state index contributed by atoms with van der Waals surface area (Å²) in [5, 5.41) is 5.01. The molecule has 0 saturated heterocycles. The van der Waals surface area contributed by atoms with Crippen molar-refractivity contribution >= 4 is 35.5 Å². The molecule has 0 aromatic carbocycles. The molecule has 3 atom stereocenters. The molecule has 210 valence electrons. The van der Waals surface area contributed by atoms with Crippen LogP contribution in [-0.2, 0) is 39.9 Å². The highest BCUT2D eigenvalue weighted by molar-refractivity contribution is 5.95. The zero-order valence-corrected chi connectivity index (χ0v) is 22.5. The van der Waals surface area contributed by atoms with Crippen LogP contribution < -0.4 is 22.1 Å². The fraction of sp³-hybridized carbons (Fsp3) is 0.560. The highest BCUT2D eigenvalue weighted by atomic mass is 16.6. The molecule has 1 aromatic rings. The Balaban J connectivity index is 2.98. The molecule has 0 bridgehead atoms. The van der Waals surface area contributed by atoms with Crippen LogP contribution in [0.3, 0.4) is 0 Å². The number of amides is 5. The molecular formula is C25H38N6O7. The van der Waals surface area contributed by atoms with E-state index in [1.165, 1.54) is 13.2 Å². The van der Waals surface area contributed by atoms with E-state index in [-0.39, 0.29) is 25.8 Å². The van der Waals surface area contributed by atoms with Gasteiger partial charge in [0.15, 0.2) is 0 Å². The van der Waals surface area contributed by atoms with Crippen LogP contribution in [0.5, 0.6) is 0 Å². The van der Waals surface area contributed by atoms with Gasteiger partial charge in [0.2, 0.25) is 29.5 Å². The minimum Gasteiger partial charge on any atom is -0.460 e. The van der Waals surface area contributed by atoms with E-state index in [1.807, 2.05) is 0 Å². The number of nitrogens with two attached hydrogens (primary N) is 2. The lowest BCUT2D eigenvalue weighted by atomic mass is 10.0. The molecule has 5 amide bonds. The summed E-state index contributed by atoms with van der Waals surface area (Å²) >= 11 is 0. The number of ether oxygens (including phenoxy) is 1. The van der Waals surface area contributed by atoms with Gasteiger partial charge in [0.1, 0.15) is 17.7 Å². The number of nitrogens with one attached hydrogen (secondary N) is 2. The summed E-state index contributed by atoms with van der Waals surface area (Å²) in [7, 11) is 1.35. The number of esters is 1. The number of pyridine rings is 1. The monoisotopic (exact) mass is 534 g/mol. The second kappa shape index (κ2) is 14.6. The predicted octanol–water partition coefficient (Wildman–Crippen LogP) is -0.829. The van der Waals surface area contributed by atoms with Gasteiger partial charge >= 0.3 is 5.97 Å². The zero-order valence-electron chi connectivity index (χ0n) is 22.5. The van der Waals surface area contributed by atoms with Gasteiger partial charge in [0, 0.05) is 38.2 Å². The van der Waals surface area contributed by atoms with Crippen LogP contribution in [0.4, 0.5) is 0 Å². The fourth-order valence-corrected chi connectivity index (χ4v) is 3.39. The number of rotatable bonds is 14. The molecule has 6 N–H and O–H groups in total. The van der Waals surface area contributed by atoms with Crippen LogP contribution in [-0.4, -0.2) is 76.7 Å². The molecule has 0 spiro atoms. The van der Waals surface area contributed by atoms with Crippen molar-refractivity contribution in [1.29, 1.82) is 0 Å². The lowest BCUT2D eigenvalue weighted by Gasteiger charge is -2.26. The van der Waals surface area contributed by atoms with Crippen LogP contribution in [0.25, 0.3) is 0 Å². The van der Waals surface area contributed by atoms with Gasteiger partial charge in [-0.25, -0.2) is 0 Å². The fourth-order valence-electron chi connectivity index (χ4n) is 3.39. The second-order valence-electron chi connectivity index (χ2n) is 10.0. The minimum atomic E-state index is -1.38. The van der Waals surface area contributed by atoms with Gasteiger partial charge in [-0.2, -0.15) is 0 Å². The van der Waals surface area contributed by atoms with Crippen molar-refractivity contribution in [2.45, 2.75) is 71.1 Å².